The number of nitrogens with two attached hydrogens (primary N) is 1. The molecule has 14 nitrogen and oxygen atoms in total. The third-order valence-electron chi connectivity index (χ3n) is 5.32. The summed E-state index contributed by atoms with van der Waals surface area (Å²) in [5, 5.41) is 3.96. The number of fused-ring (bicyclic) bond motifs is 1. The molecule has 0 amide bonds. The van der Waals surface area contributed by atoms with E-state index in [4.69, 9.17) is 29.2 Å². The molecule has 0 unspecified atom stereocenters. The minimum Gasteiger partial charge on any atom is -0.463 e. The van der Waals surface area contributed by atoms with Gasteiger partial charge in [0, 0.05) is 20.8 Å². The normalized spacial score (nSPS) is 21.7. The SMILES string of the molecule is CC(=O)OC[C@H]1O[C@@H](n2cnc3c(-c4c(C)noc4C)nc(N)nc32)[C@H](OC(C)=O)[C@@H]1OC(C)=O. The summed E-state index contributed by atoms with van der Waals surface area (Å²) >= 11 is 0. The highest BCUT2D eigenvalue weighted by molar-refractivity contribution is 5.89. The van der Waals surface area contributed by atoms with E-state index in [0.29, 0.717) is 28.2 Å². The molecule has 4 atom stereocenters. The second-order valence-corrected chi connectivity index (χ2v) is 7.97. The van der Waals surface area contributed by atoms with Gasteiger partial charge in [-0.25, -0.2) is 9.97 Å². The standard InChI is InChI=1S/C21H24N6O8/c1-8-14(9(2)35-26-8)15-16-19(25-21(22)24-15)27(7-23-16)20-18(33-12(5)30)17(32-11(4)29)13(34-20)6-31-10(3)28/h7,13,17-18,20H,6H2,1-5H3,(H2,22,24,25)/t13-,17-,18-,20-/m1/s1. The number of aromatic nitrogens is 5. The summed E-state index contributed by atoms with van der Waals surface area (Å²) in [6, 6.07) is 0. The van der Waals surface area contributed by atoms with Crippen LogP contribution < -0.4 is 5.73 Å². The molecule has 0 saturated carbocycles. The van der Waals surface area contributed by atoms with Crippen LogP contribution >= 0.6 is 0 Å². The van der Waals surface area contributed by atoms with Crippen LogP contribution in [-0.4, -0.2) is 67.5 Å². The molecule has 14 heteroatoms. The largest absolute Gasteiger partial charge is 0.463 e. The fraction of sp³-hybridized carbons (Fsp3) is 0.476. The molecule has 1 saturated heterocycles. The molecule has 35 heavy (non-hydrogen) atoms. The lowest BCUT2D eigenvalue weighted by Gasteiger charge is -2.23. The van der Waals surface area contributed by atoms with Crippen LogP contribution in [-0.2, 0) is 33.3 Å². The number of hydrogen-bond acceptors (Lipinski definition) is 13. The number of hydrogen-bond donors (Lipinski definition) is 1. The van der Waals surface area contributed by atoms with Gasteiger partial charge in [-0.2, -0.15) is 4.98 Å². The first kappa shape index (κ1) is 24.1. The third-order valence-corrected chi connectivity index (χ3v) is 5.32. The van der Waals surface area contributed by atoms with Crippen LogP contribution in [0.15, 0.2) is 10.9 Å². The van der Waals surface area contributed by atoms with E-state index in [1.165, 1.54) is 31.7 Å². The molecule has 2 N–H and O–H groups in total. The van der Waals surface area contributed by atoms with Crippen molar-refractivity contribution in [3.05, 3.63) is 17.8 Å². The number of imidazole rings is 1. The van der Waals surface area contributed by atoms with Gasteiger partial charge in [-0.1, -0.05) is 5.16 Å². The smallest absolute Gasteiger partial charge is 0.303 e. The number of aryl methyl sites for hydroxylation is 2. The predicted octanol–water partition coefficient (Wildman–Crippen LogP) is 1.00. The van der Waals surface area contributed by atoms with Crippen LogP contribution in [0.5, 0.6) is 0 Å². The van der Waals surface area contributed by atoms with Crippen molar-refractivity contribution in [2.24, 2.45) is 0 Å². The molecule has 3 aromatic heterocycles. The van der Waals surface area contributed by atoms with Gasteiger partial charge in [0.25, 0.3) is 0 Å². The van der Waals surface area contributed by atoms with Crippen LogP contribution in [0.2, 0.25) is 0 Å². The lowest BCUT2D eigenvalue weighted by molar-refractivity contribution is -0.166. The number of nitrogens with zero attached hydrogens (tertiary/aromatic N) is 5. The Morgan fingerprint density at radius 3 is 2.34 bits per heavy atom. The lowest BCUT2D eigenvalue weighted by Crippen LogP contribution is -2.40. The average molecular weight is 488 g/mol. The zero-order chi connectivity index (χ0) is 25.4. The van der Waals surface area contributed by atoms with Crippen molar-refractivity contribution in [3.63, 3.8) is 0 Å². The van der Waals surface area contributed by atoms with Crippen molar-refractivity contribution >= 4 is 35.0 Å². The van der Waals surface area contributed by atoms with E-state index < -0.39 is 42.4 Å². The van der Waals surface area contributed by atoms with Crippen molar-refractivity contribution < 1.29 is 37.9 Å². The highest BCUT2D eigenvalue weighted by Gasteiger charge is 2.51. The first-order chi connectivity index (χ1) is 16.6. The molecule has 4 heterocycles. The lowest BCUT2D eigenvalue weighted by atomic mass is 10.1. The van der Waals surface area contributed by atoms with Crippen LogP contribution in [0.4, 0.5) is 5.95 Å². The Hall–Kier alpha value is -4.07. The van der Waals surface area contributed by atoms with E-state index in [1.807, 2.05) is 0 Å². The van der Waals surface area contributed by atoms with Crippen molar-refractivity contribution in [2.75, 3.05) is 12.3 Å². The van der Waals surface area contributed by atoms with Gasteiger partial charge >= 0.3 is 17.9 Å². The molecular formula is C21H24N6O8. The number of esters is 3. The number of anilines is 1. The summed E-state index contributed by atoms with van der Waals surface area (Å²) in [5.74, 6) is -1.36. The quantitative estimate of drug-likeness (QED) is 0.383. The second-order valence-electron chi connectivity index (χ2n) is 7.97. The Morgan fingerprint density at radius 2 is 1.74 bits per heavy atom. The summed E-state index contributed by atoms with van der Waals surface area (Å²) in [7, 11) is 0. The molecule has 1 aliphatic rings. The zero-order valence-corrected chi connectivity index (χ0v) is 19.7. The van der Waals surface area contributed by atoms with Crippen LogP contribution in [0.1, 0.15) is 38.5 Å². The summed E-state index contributed by atoms with van der Waals surface area (Å²) in [4.78, 5) is 48.2. The van der Waals surface area contributed by atoms with Gasteiger partial charge in [-0.05, 0) is 13.8 Å². The highest BCUT2D eigenvalue weighted by Crippen LogP contribution is 2.38. The summed E-state index contributed by atoms with van der Waals surface area (Å²) in [6.07, 6.45) is -2.73. The maximum Gasteiger partial charge on any atom is 0.303 e. The summed E-state index contributed by atoms with van der Waals surface area (Å²) in [6.45, 7) is 6.90. The highest BCUT2D eigenvalue weighted by atomic mass is 16.7. The summed E-state index contributed by atoms with van der Waals surface area (Å²) < 4.78 is 28.8. The number of carbonyl (C=O) groups is 3. The van der Waals surface area contributed by atoms with E-state index in [1.54, 1.807) is 13.8 Å². The van der Waals surface area contributed by atoms with E-state index in [9.17, 15) is 14.4 Å². The molecule has 1 aliphatic heterocycles. The van der Waals surface area contributed by atoms with Crippen molar-refractivity contribution in [2.45, 2.75) is 59.2 Å². The van der Waals surface area contributed by atoms with E-state index in [2.05, 4.69) is 20.1 Å². The van der Waals surface area contributed by atoms with Gasteiger partial charge in [0.05, 0.1) is 17.6 Å². The maximum absolute atomic E-state index is 11.9. The zero-order valence-electron chi connectivity index (χ0n) is 19.7. The Bertz CT molecular complexity index is 1280. The van der Waals surface area contributed by atoms with Gasteiger partial charge < -0.3 is 29.2 Å². The monoisotopic (exact) mass is 488 g/mol. The predicted molar refractivity (Wildman–Crippen MR) is 116 cm³/mol. The number of carbonyl (C=O) groups excluding carboxylic acids is 3. The van der Waals surface area contributed by atoms with E-state index in [0.717, 1.165) is 0 Å². The Balaban J connectivity index is 1.82. The molecule has 0 aliphatic carbocycles. The van der Waals surface area contributed by atoms with Gasteiger partial charge in [-0.15, -0.1) is 0 Å². The third kappa shape index (κ3) is 4.64. The number of ether oxygens (including phenoxy) is 4. The van der Waals surface area contributed by atoms with Crippen LogP contribution in [0.25, 0.3) is 22.4 Å². The van der Waals surface area contributed by atoms with Gasteiger partial charge in [0.1, 0.15) is 29.7 Å². The topological polar surface area (TPSA) is 184 Å². The minimum atomic E-state index is -1.10. The molecule has 0 spiro atoms. The van der Waals surface area contributed by atoms with Gasteiger partial charge in [-0.3, -0.25) is 19.0 Å². The fourth-order valence-corrected chi connectivity index (χ4v) is 4.03. The molecular weight excluding hydrogens is 464 g/mol. The molecule has 3 aromatic rings. The van der Waals surface area contributed by atoms with Crippen molar-refractivity contribution in [1.29, 1.82) is 0 Å². The first-order valence-corrected chi connectivity index (χ1v) is 10.6. The van der Waals surface area contributed by atoms with Gasteiger partial charge in [0.15, 0.2) is 24.1 Å². The average Bonchev–Trinajstić information content (AvgIpc) is 3.42. The Labute approximate surface area is 198 Å². The van der Waals surface area contributed by atoms with Crippen molar-refractivity contribution in [1.82, 2.24) is 24.7 Å². The molecule has 186 valence electrons. The number of nitrogen functional groups attached to an aromatic ring is 1. The van der Waals surface area contributed by atoms with E-state index in [-0.39, 0.29) is 18.2 Å². The minimum absolute atomic E-state index is 0.0516. The Kier molecular flexibility index (Phi) is 6.39. The molecule has 0 radical (unpaired) electrons. The van der Waals surface area contributed by atoms with Crippen LogP contribution in [0, 0.1) is 13.8 Å². The molecule has 0 aromatic carbocycles. The maximum atomic E-state index is 11.9. The second kappa shape index (κ2) is 9.29. The number of rotatable bonds is 6. The summed E-state index contributed by atoms with van der Waals surface area (Å²) in [5.41, 5.74) is 8.24. The van der Waals surface area contributed by atoms with E-state index >= 15 is 0 Å². The Morgan fingerprint density at radius 1 is 1.06 bits per heavy atom. The van der Waals surface area contributed by atoms with Gasteiger partial charge in [0.2, 0.25) is 5.95 Å². The first-order valence-electron chi connectivity index (χ1n) is 10.6. The molecule has 4 rings (SSSR count). The fourth-order valence-electron chi connectivity index (χ4n) is 4.03. The van der Waals surface area contributed by atoms with Crippen LogP contribution in [0.3, 0.4) is 0 Å². The molecule has 1 fully saturated rings. The van der Waals surface area contributed by atoms with Crippen molar-refractivity contribution in [3.8, 4) is 11.3 Å². The molecule has 0 bridgehead atoms.